The lowest BCUT2D eigenvalue weighted by Crippen LogP contribution is -2.47. The molecule has 0 spiro atoms. The monoisotopic (exact) mass is 351 g/mol. The number of rotatable bonds is 8. The molecular formula is C18H25NO4S. The highest BCUT2D eigenvalue weighted by molar-refractivity contribution is 7.99. The van der Waals surface area contributed by atoms with Crippen LogP contribution in [0.2, 0.25) is 0 Å². The van der Waals surface area contributed by atoms with E-state index in [2.05, 4.69) is 6.92 Å². The number of amides is 1. The lowest BCUT2D eigenvalue weighted by molar-refractivity contribution is -0.140. The summed E-state index contributed by atoms with van der Waals surface area (Å²) in [5.41, 5.74) is 1.09. The van der Waals surface area contributed by atoms with E-state index in [0.717, 1.165) is 23.5 Å². The minimum absolute atomic E-state index is 0.0300. The van der Waals surface area contributed by atoms with Gasteiger partial charge in [-0.05, 0) is 30.5 Å². The topological polar surface area (TPSA) is 66.8 Å². The molecule has 5 nitrogen and oxygen atoms in total. The van der Waals surface area contributed by atoms with Crippen molar-refractivity contribution < 1.29 is 19.4 Å². The molecule has 1 aromatic rings. The van der Waals surface area contributed by atoms with Gasteiger partial charge in [-0.2, -0.15) is 11.8 Å². The van der Waals surface area contributed by atoms with Gasteiger partial charge in [-0.1, -0.05) is 19.1 Å². The van der Waals surface area contributed by atoms with E-state index in [0.29, 0.717) is 31.7 Å². The van der Waals surface area contributed by atoms with Crippen LogP contribution in [0, 0.1) is 0 Å². The number of aliphatic carboxylic acids is 1. The van der Waals surface area contributed by atoms with E-state index in [1.165, 1.54) is 0 Å². The number of hydrogen-bond acceptors (Lipinski definition) is 4. The van der Waals surface area contributed by atoms with Gasteiger partial charge < -0.3 is 14.7 Å². The molecule has 0 aromatic heterocycles. The highest BCUT2D eigenvalue weighted by Crippen LogP contribution is 2.21. The number of benzene rings is 1. The predicted molar refractivity (Wildman–Crippen MR) is 95.6 cm³/mol. The smallest absolute Gasteiger partial charge is 0.305 e. The lowest BCUT2D eigenvalue weighted by Gasteiger charge is -2.34. The van der Waals surface area contributed by atoms with Crippen molar-refractivity contribution in [2.45, 2.75) is 38.6 Å². The number of thioether (sulfide) groups is 1. The van der Waals surface area contributed by atoms with Gasteiger partial charge in [0.05, 0.1) is 19.1 Å². The molecule has 1 amide bonds. The molecule has 1 heterocycles. The van der Waals surface area contributed by atoms with E-state index in [-0.39, 0.29) is 18.4 Å². The van der Waals surface area contributed by atoms with Gasteiger partial charge in [0.25, 0.3) is 0 Å². The summed E-state index contributed by atoms with van der Waals surface area (Å²) in [5, 5.41) is 9.00. The van der Waals surface area contributed by atoms with E-state index >= 15 is 0 Å². The van der Waals surface area contributed by atoms with Crippen LogP contribution in [0.4, 0.5) is 0 Å². The maximum absolute atomic E-state index is 12.5. The van der Waals surface area contributed by atoms with Gasteiger partial charge >= 0.3 is 5.97 Å². The second-order valence-corrected chi connectivity index (χ2v) is 7.06. The van der Waals surface area contributed by atoms with Crippen molar-refractivity contribution in [1.82, 2.24) is 4.90 Å². The molecular weight excluding hydrogens is 326 g/mol. The Labute approximate surface area is 147 Å². The quantitative estimate of drug-likeness (QED) is 0.780. The third-order valence-corrected chi connectivity index (χ3v) is 5.07. The van der Waals surface area contributed by atoms with Gasteiger partial charge in [0.2, 0.25) is 5.91 Å². The molecule has 0 saturated carbocycles. The standard InChI is InChI=1S/C18H25NO4S/c1-2-10-23-16-6-3-14(4-7-16)5-8-17(20)19-9-11-24-13-15(19)12-18(21)22/h3-4,6-7,15H,2,5,8-13H2,1H3,(H,21,22). The highest BCUT2D eigenvalue weighted by Gasteiger charge is 2.28. The Kier molecular flexibility index (Phi) is 7.43. The summed E-state index contributed by atoms with van der Waals surface area (Å²) >= 11 is 1.72. The number of carbonyl (C=O) groups is 2. The van der Waals surface area contributed by atoms with Gasteiger partial charge in [-0.3, -0.25) is 9.59 Å². The Balaban J connectivity index is 1.85. The molecule has 1 atom stereocenters. The molecule has 6 heteroatoms. The van der Waals surface area contributed by atoms with E-state index < -0.39 is 5.97 Å². The Hall–Kier alpha value is -1.69. The SMILES string of the molecule is CCCOc1ccc(CCC(=O)N2CCSCC2CC(=O)O)cc1. The van der Waals surface area contributed by atoms with Crippen LogP contribution in [0.15, 0.2) is 24.3 Å². The largest absolute Gasteiger partial charge is 0.494 e. The highest BCUT2D eigenvalue weighted by atomic mass is 32.2. The average Bonchev–Trinajstić information content (AvgIpc) is 2.58. The normalized spacial score (nSPS) is 17.5. The number of aryl methyl sites for hydroxylation is 1. The van der Waals surface area contributed by atoms with Crippen molar-refractivity contribution in [3.8, 4) is 5.75 Å². The van der Waals surface area contributed by atoms with Gasteiger partial charge in [-0.15, -0.1) is 0 Å². The van der Waals surface area contributed by atoms with Crippen LogP contribution >= 0.6 is 11.8 Å². The molecule has 24 heavy (non-hydrogen) atoms. The third kappa shape index (κ3) is 5.74. The first-order valence-corrected chi connectivity index (χ1v) is 9.56. The van der Waals surface area contributed by atoms with Crippen LogP contribution in [0.25, 0.3) is 0 Å². The van der Waals surface area contributed by atoms with E-state index in [4.69, 9.17) is 9.84 Å². The fraction of sp³-hybridized carbons (Fsp3) is 0.556. The predicted octanol–water partition coefficient (Wildman–Crippen LogP) is 2.83. The van der Waals surface area contributed by atoms with Crippen LogP contribution in [-0.4, -0.2) is 52.6 Å². The number of ether oxygens (including phenoxy) is 1. The zero-order chi connectivity index (χ0) is 17.4. The van der Waals surface area contributed by atoms with Crippen molar-refractivity contribution in [1.29, 1.82) is 0 Å². The van der Waals surface area contributed by atoms with Gasteiger partial charge in [0, 0.05) is 24.5 Å². The maximum atomic E-state index is 12.5. The van der Waals surface area contributed by atoms with Crippen LogP contribution in [-0.2, 0) is 16.0 Å². The molecule has 1 unspecified atom stereocenters. The first-order chi connectivity index (χ1) is 11.6. The van der Waals surface area contributed by atoms with E-state index in [1.54, 1.807) is 16.7 Å². The first-order valence-electron chi connectivity index (χ1n) is 8.41. The molecule has 1 aromatic carbocycles. The molecule has 1 fully saturated rings. The second kappa shape index (κ2) is 9.57. The number of hydrogen-bond donors (Lipinski definition) is 1. The fourth-order valence-electron chi connectivity index (χ4n) is 2.72. The molecule has 0 bridgehead atoms. The minimum Gasteiger partial charge on any atom is -0.494 e. The van der Waals surface area contributed by atoms with Crippen LogP contribution in [0.1, 0.15) is 31.7 Å². The molecule has 1 aliphatic rings. The Morgan fingerprint density at radius 3 is 2.75 bits per heavy atom. The van der Waals surface area contributed by atoms with Crippen LogP contribution in [0.3, 0.4) is 0 Å². The van der Waals surface area contributed by atoms with Crippen molar-refractivity contribution in [2.24, 2.45) is 0 Å². The minimum atomic E-state index is -0.844. The molecule has 0 radical (unpaired) electrons. The molecule has 2 rings (SSSR count). The molecule has 1 saturated heterocycles. The zero-order valence-corrected chi connectivity index (χ0v) is 14.9. The summed E-state index contributed by atoms with van der Waals surface area (Å²) in [6.45, 7) is 3.41. The Morgan fingerprint density at radius 1 is 1.33 bits per heavy atom. The fourth-order valence-corrected chi connectivity index (χ4v) is 3.78. The third-order valence-electron chi connectivity index (χ3n) is 3.98. The summed E-state index contributed by atoms with van der Waals surface area (Å²) in [6.07, 6.45) is 2.08. The van der Waals surface area contributed by atoms with Crippen molar-refractivity contribution in [2.75, 3.05) is 24.7 Å². The summed E-state index contributed by atoms with van der Waals surface area (Å²) in [5.74, 6) is 1.64. The summed E-state index contributed by atoms with van der Waals surface area (Å²) in [6, 6.07) is 7.65. The van der Waals surface area contributed by atoms with Gasteiger partial charge in [-0.25, -0.2) is 0 Å². The number of carboxylic acids is 1. The van der Waals surface area contributed by atoms with Crippen LogP contribution < -0.4 is 4.74 Å². The summed E-state index contributed by atoms with van der Waals surface area (Å²) in [4.78, 5) is 25.2. The summed E-state index contributed by atoms with van der Waals surface area (Å²) in [7, 11) is 0. The average molecular weight is 351 g/mol. The second-order valence-electron chi connectivity index (χ2n) is 5.91. The van der Waals surface area contributed by atoms with Crippen molar-refractivity contribution >= 4 is 23.6 Å². The lowest BCUT2D eigenvalue weighted by atomic mass is 10.1. The van der Waals surface area contributed by atoms with E-state index in [9.17, 15) is 9.59 Å². The Morgan fingerprint density at radius 2 is 2.08 bits per heavy atom. The Bertz CT molecular complexity index is 546. The van der Waals surface area contributed by atoms with Gasteiger partial charge in [0.1, 0.15) is 5.75 Å². The van der Waals surface area contributed by atoms with E-state index in [1.807, 2.05) is 24.3 Å². The zero-order valence-electron chi connectivity index (χ0n) is 14.1. The molecule has 132 valence electrons. The van der Waals surface area contributed by atoms with Crippen LogP contribution in [0.5, 0.6) is 5.75 Å². The number of carbonyl (C=O) groups excluding carboxylic acids is 1. The van der Waals surface area contributed by atoms with Gasteiger partial charge in [0.15, 0.2) is 0 Å². The van der Waals surface area contributed by atoms with Crippen molar-refractivity contribution in [3.05, 3.63) is 29.8 Å². The van der Waals surface area contributed by atoms with Crippen molar-refractivity contribution in [3.63, 3.8) is 0 Å². The summed E-state index contributed by atoms with van der Waals surface area (Å²) < 4.78 is 5.55. The molecule has 0 aliphatic carbocycles. The first kappa shape index (κ1) is 18.6. The number of nitrogens with zero attached hydrogens (tertiary/aromatic N) is 1. The number of carboxylic acid groups (broad SMARTS) is 1. The molecule has 1 N–H and O–H groups in total. The maximum Gasteiger partial charge on any atom is 0.305 e. The molecule has 1 aliphatic heterocycles.